The Morgan fingerprint density at radius 2 is 1.96 bits per heavy atom. The summed E-state index contributed by atoms with van der Waals surface area (Å²) >= 11 is 0. The molecule has 0 amide bonds. The number of aromatic nitrogens is 3. The molecular formula is C19H17N3O. The summed E-state index contributed by atoms with van der Waals surface area (Å²) in [5.74, 6) is 0.142. The number of rotatable bonds is 1. The largest absolute Gasteiger partial charge is 0.388 e. The highest BCUT2D eigenvalue weighted by atomic mass is 16.3. The maximum absolute atomic E-state index is 11.0. The standard InChI is InChI=1S/C19H17N3O/c23-19-14-6-3-9-21-16(14)8-7-15(19)18-13-5-2-1-4-12(13)17-10-20-11-22(17)18/h1-6,9-11,15,18-19,23H,7-8H2. The van der Waals surface area contributed by atoms with Crippen LogP contribution in [0.5, 0.6) is 0 Å². The Balaban J connectivity index is 1.64. The molecule has 2 aromatic heterocycles. The van der Waals surface area contributed by atoms with Gasteiger partial charge in [0, 0.05) is 28.9 Å². The summed E-state index contributed by atoms with van der Waals surface area (Å²) < 4.78 is 2.22. The lowest BCUT2D eigenvalue weighted by Gasteiger charge is -2.34. The van der Waals surface area contributed by atoms with Gasteiger partial charge in [0.2, 0.25) is 0 Å². The van der Waals surface area contributed by atoms with E-state index in [9.17, 15) is 5.11 Å². The molecule has 0 spiro atoms. The van der Waals surface area contributed by atoms with Crippen molar-refractivity contribution in [2.75, 3.05) is 0 Å². The number of aliphatic hydroxyl groups is 1. The van der Waals surface area contributed by atoms with Crippen LogP contribution in [0.1, 0.15) is 35.4 Å². The molecule has 4 nitrogen and oxygen atoms in total. The van der Waals surface area contributed by atoms with Crippen LogP contribution in [0.4, 0.5) is 0 Å². The lowest BCUT2D eigenvalue weighted by molar-refractivity contribution is 0.0710. The third-order valence-electron chi connectivity index (χ3n) is 5.29. The highest BCUT2D eigenvalue weighted by Gasteiger charge is 2.40. The smallest absolute Gasteiger partial charge is 0.0956 e. The summed E-state index contributed by atoms with van der Waals surface area (Å²) in [6, 6.07) is 12.5. The van der Waals surface area contributed by atoms with Gasteiger partial charge in [-0.2, -0.15) is 0 Å². The fraction of sp³-hybridized carbons (Fsp3) is 0.263. The Morgan fingerprint density at radius 1 is 1.09 bits per heavy atom. The van der Waals surface area contributed by atoms with Crippen LogP contribution in [0.3, 0.4) is 0 Å². The van der Waals surface area contributed by atoms with Gasteiger partial charge in [-0.1, -0.05) is 30.3 Å². The summed E-state index contributed by atoms with van der Waals surface area (Å²) in [6.45, 7) is 0. The van der Waals surface area contributed by atoms with E-state index in [1.54, 1.807) is 0 Å². The van der Waals surface area contributed by atoms with Crippen LogP contribution in [-0.2, 0) is 6.42 Å². The van der Waals surface area contributed by atoms with Crippen molar-refractivity contribution in [1.82, 2.24) is 14.5 Å². The lowest BCUT2D eigenvalue weighted by Crippen LogP contribution is -2.29. The normalized spacial score (nSPS) is 24.8. The molecule has 5 rings (SSSR count). The van der Waals surface area contributed by atoms with Crippen molar-refractivity contribution >= 4 is 0 Å². The number of aryl methyl sites for hydroxylation is 1. The maximum Gasteiger partial charge on any atom is 0.0956 e. The van der Waals surface area contributed by atoms with Gasteiger partial charge in [-0.3, -0.25) is 4.98 Å². The molecule has 0 bridgehead atoms. The third-order valence-corrected chi connectivity index (χ3v) is 5.29. The average molecular weight is 303 g/mol. The molecule has 1 aliphatic heterocycles. The topological polar surface area (TPSA) is 50.9 Å². The van der Waals surface area contributed by atoms with Gasteiger partial charge >= 0.3 is 0 Å². The van der Waals surface area contributed by atoms with Gasteiger partial charge in [-0.25, -0.2) is 4.98 Å². The molecule has 0 saturated heterocycles. The number of imidazole rings is 1. The fourth-order valence-electron chi connectivity index (χ4n) is 4.26. The molecule has 1 N–H and O–H groups in total. The molecule has 1 aromatic carbocycles. The number of fused-ring (bicyclic) bond motifs is 4. The number of benzene rings is 1. The SMILES string of the molecule is OC1c2cccnc2CCC1C1c2ccccc2-c2cncn21. The molecule has 1 aliphatic carbocycles. The zero-order valence-corrected chi connectivity index (χ0v) is 12.6. The average Bonchev–Trinajstić information content (AvgIpc) is 3.17. The third kappa shape index (κ3) is 1.75. The Labute approximate surface area is 134 Å². The number of pyridine rings is 1. The summed E-state index contributed by atoms with van der Waals surface area (Å²) in [6.07, 6.45) is 6.99. The van der Waals surface area contributed by atoms with Crippen LogP contribution in [0, 0.1) is 5.92 Å². The van der Waals surface area contributed by atoms with E-state index < -0.39 is 6.10 Å². The first kappa shape index (κ1) is 13.0. The van der Waals surface area contributed by atoms with Crippen LogP contribution >= 0.6 is 0 Å². The molecule has 0 saturated carbocycles. The maximum atomic E-state index is 11.0. The molecule has 3 heterocycles. The number of hydrogen-bond donors (Lipinski definition) is 1. The van der Waals surface area contributed by atoms with Gasteiger partial charge in [0.15, 0.2) is 0 Å². The Hall–Kier alpha value is -2.46. The molecule has 3 unspecified atom stereocenters. The Morgan fingerprint density at radius 3 is 2.91 bits per heavy atom. The first-order valence-electron chi connectivity index (χ1n) is 8.07. The van der Waals surface area contributed by atoms with E-state index in [1.165, 1.54) is 11.1 Å². The van der Waals surface area contributed by atoms with Gasteiger partial charge in [0.05, 0.1) is 30.4 Å². The van der Waals surface area contributed by atoms with Gasteiger partial charge in [-0.15, -0.1) is 0 Å². The first-order valence-corrected chi connectivity index (χ1v) is 8.07. The second-order valence-corrected chi connectivity index (χ2v) is 6.40. The fourth-order valence-corrected chi connectivity index (χ4v) is 4.26. The van der Waals surface area contributed by atoms with E-state index >= 15 is 0 Å². The quantitative estimate of drug-likeness (QED) is 0.751. The Bertz CT molecular complexity index is 886. The highest BCUT2D eigenvalue weighted by Crippen LogP contribution is 2.49. The van der Waals surface area contributed by atoms with Crippen molar-refractivity contribution < 1.29 is 5.11 Å². The van der Waals surface area contributed by atoms with E-state index in [-0.39, 0.29) is 12.0 Å². The van der Waals surface area contributed by atoms with Gasteiger partial charge in [-0.05, 0) is 24.5 Å². The van der Waals surface area contributed by atoms with E-state index in [1.807, 2.05) is 30.9 Å². The molecule has 4 heteroatoms. The summed E-state index contributed by atoms with van der Waals surface area (Å²) in [7, 11) is 0. The van der Waals surface area contributed by atoms with Gasteiger partial charge < -0.3 is 9.67 Å². The molecule has 23 heavy (non-hydrogen) atoms. The monoisotopic (exact) mass is 303 g/mol. The van der Waals surface area contributed by atoms with Crippen molar-refractivity contribution in [3.63, 3.8) is 0 Å². The van der Waals surface area contributed by atoms with Crippen molar-refractivity contribution in [2.24, 2.45) is 5.92 Å². The second-order valence-electron chi connectivity index (χ2n) is 6.40. The minimum atomic E-state index is -0.487. The van der Waals surface area contributed by atoms with Crippen molar-refractivity contribution in [2.45, 2.75) is 25.0 Å². The van der Waals surface area contributed by atoms with Crippen molar-refractivity contribution in [1.29, 1.82) is 0 Å². The minimum Gasteiger partial charge on any atom is -0.388 e. The van der Waals surface area contributed by atoms with E-state index in [0.717, 1.165) is 29.8 Å². The van der Waals surface area contributed by atoms with Crippen molar-refractivity contribution in [3.8, 4) is 11.3 Å². The molecular weight excluding hydrogens is 286 g/mol. The summed E-state index contributed by atoms with van der Waals surface area (Å²) in [5, 5.41) is 11.0. The van der Waals surface area contributed by atoms with E-state index in [0.29, 0.717) is 0 Å². The molecule has 0 radical (unpaired) electrons. The van der Waals surface area contributed by atoms with Gasteiger partial charge in [0.1, 0.15) is 0 Å². The van der Waals surface area contributed by atoms with Crippen LogP contribution in [0.25, 0.3) is 11.3 Å². The summed E-state index contributed by atoms with van der Waals surface area (Å²) in [4.78, 5) is 8.76. The van der Waals surface area contributed by atoms with Crippen molar-refractivity contribution in [3.05, 3.63) is 71.9 Å². The second kappa shape index (κ2) is 4.77. The first-order chi connectivity index (χ1) is 11.3. The number of nitrogens with zero attached hydrogens (tertiary/aromatic N) is 3. The lowest BCUT2D eigenvalue weighted by atomic mass is 9.77. The molecule has 0 fully saturated rings. The highest BCUT2D eigenvalue weighted by molar-refractivity contribution is 5.69. The zero-order valence-electron chi connectivity index (χ0n) is 12.6. The van der Waals surface area contributed by atoms with E-state index in [4.69, 9.17) is 0 Å². The van der Waals surface area contributed by atoms with Crippen LogP contribution in [0.2, 0.25) is 0 Å². The number of hydrogen-bond acceptors (Lipinski definition) is 3. The molecule has 3 atom stereocenters. The number of aliphatic hydroxyl groups excluding tert-OH is 1. The Kier molecular flexibility index (Phi) is 2.70. The van der Waals surface area contributed by atoms with Crippen LogP contribution in [0.15, 0.2) is 55.1 Å². The summed E-state index contributed by atoms with van der Waals surface area (Å²) in [5.41, 5.74) is 5.69. The molecule has 114 valence electrons. The predicted molar refractivity (Wildman–Crippen MR) is 86.8 cm³/mol. The molecule has 3 aromatic rings. The zero-order chi connectivity index (χ0) is 15.4. The predicted octanol–water partition coefficient (Wildman–Crippen LogP) is 3.14. The van der Waals surface area contributed by atoms with E-state index in [2.05, 4.69) is 38.8 Å². The van der Waals surface area contributed by atoms with Gasteiger partial charge in [0.25, 0.3) is 0 Å². The van der Waals surface area contributed by atoms with Crippen LogP contribution < -0.4 is 0 Å². The minimum absolute atomic E-state index is 0.142. The van der Waals surface area contributed by atoms with Crippen LogP contribution in [-0.4, -0.2) is 19.6 Å². The molecule has 2 aliphatic rings.